The average Bonchev–Trinajstić information content (AvgIpc) is 2.48. The van der Waals surface area contributed by atoms with Gasteiger partial charge in [0.05, 0.1) is 18.6 Å². The average molecular weight is 356 g/mol. The van der Waals surface area contributed by atoms with E-state index in [0.29, 0.717) is 26.2 Å². The van der Waals surface area contributed by atoms with Crippen molar-refractivity contribution in [3.8, 4) is 5.75 Å². The standard InChI is InChI=1S/C16H22BrNO3/c1-13-3-2-4-14(11-13)21-8-5-15(19)18-16(12-17)6-9-20-10-7-16/h2-4,11H,5-10,12H2,1H3,(H,18,19). The van der Waals surface area contributed by atoms with E-state index >= 15 is 0 Å². The van der Waals surface area contributed by atoms with Crippen LogP contribution in [0.2, 0.25) is 0 Å². The van der Waals surface area contributed by atoms with Crippen molar-refractivity contribution in [1.29, 1.82) is 0 Å². The molecule has 1 N–H and O–H groups in total. The summed E-state index contributed by atoms with van der Waals surface area (Å²) in [7, 11) is 0. The molecule has 1 aromatic carbocycles. The quantitative estimate of drug-likeness (QED) is 0.798. The normalized spacial score (nSPS) is 17.2. The smallest absolute Gasteiger partial charge is 0.223 e. The maximum atomic E-state index is 12.1. The van der Waals surface area contributed by atoms with E-state index in [9.17, 15) is 4.79 Å². The lowest BCUT2D eigenvalue weighted by atomic mass is 9.92. The number of carbonyl (C=O) groups is 1. The van der Waals surface area contributed by atoms with E-state index in [4.69, 9.17) is 9.47 Å². The first-order chi connectivity index (χ1) is 10.1. The molecule has 1 aliphatic heterocycles. The summed E-state index contributed by atoms with van der Waals surface area (Å²) >= 11 is 3.51. The Morgan fingerprint density at radius 1 is 1.43 bits per heavy atom. The van der Waals surface area contributed by atoms with Crippen molar-refractivity contribution in [2.75, 3.05) is 25.2 Å². The van der Waals surface area contributed by atoms with Crippen LogP contribution in [0.4, 0.5) is 0 Å². The molecular formula is C16H22BrNO3. The van der Waals surface area contributed by atoms with Crippen LogP contribution >= 0.6 is 15.9 Å². The van der Waals surface area contributed by atoms with Gasteiger partial charge in [0.2, 0.25) is 5.91 Å². The van der Waals surface area contributed by atoms with Crippen molar-refractivity contribution < 1.29 is 14.3 Å². The zero-order valence-electron chi connectivity index (χ0n) is 12.4. The molecule has 0 unspecified atom stereocenters. The molecule has 0 saturated carbocycles. The predicted molar refractivity (Wildman–Crippen MR) is 86.0 cm³/mol. The Morgan fingerprint density at radius 2 is 2.19 bits per heavy atom. The van der Waals surface area contributed by atoms with Gasteiger partial charge in [0.1, 0.15) is 5.75 Å². The lowest BCUT2D eigenvalue weighted by Gasteiger charge is -2.36. The van der Waals surface area contributed by atoms with Gasteiger partial charge in [0.15, 0.2) is 0 Å². The molecule has 2 rings (SSSR count). The Kier molecular flexibility index (Phi) is 6.06. The van der Waals surface area contributed by atoms with E-state index in [0.717, 1.165) is 29.5 Å². The summed E-state index contributed by atoms with van der Waals surface area (Å²) in [6.07, 6.45) is 2.06. The number of benzene rings is 1. The fourth-order valence-electron chi connectivity index (χ4n) is 2.38. The van der Waals surface area contributed by atoms with Crippen LogP contribution in [-0.2, 0) is 9.53 Å². The Bertz CT molecular complexity index is 472. The molecule has 4 nitrogen and oxygen atoms in total. The zero-order chi connectivity index (χ0) is 15.1. The lowest BCUT2D eigenvalue weighted by Crippen LogP contribution is -2.53. The van der Waals surface area contributed by atoms with Crippen LogP contribution in [0, 0.1) is 6.92 Å². The van der Waals surface area contributed by atoms with Crippen LogP contribution in [0.25, 0.3) is 0 Å². The maximum absolute atomic E-state index is 12.1. The van der Waals surface area contributed by atoms with Crippen molar-refractivity contribution in [2.45, 2.75) is 31.7 Å². The first kappa shape index (κ1) is 16.3. The largest absolute Gasteiger partial charge is 0.493 e. The molecular weight excluding hydrogens is 334 g/mol. The van der Waals surface area contributed by atoms with Gasteiger partial charge in [-0.1, -0.05) is 28.1 Å². The summed E-state index contributed by atoms with van der Waals surface area (Å²) in [6, 6.07) is 7.84. The second kappa shape index (κ2) is 7.80. The van der Waals surface area contributed by atoms with Gasteiger partial charge in [0.25, 0.3) is 0 Å². The van der Waals surface area contributed by atoms with E-state index in [1.165, 1.54) is 0 Å². The molecule has 0 spiro atoms. The number of halogens is 1. The summed E-state index contributed by atoms with van der Waals surface area (Å²) < 4.78 is 11.0. The molecule has 1 amide bonds. The van der Waals surface area contributed by atoms with Crippen molar-refractivity contribution in [1.82, 2.24) is 5.32 Å². The van der Waals surface area contributed by atoms with E-state index in [1.54, 1.807) is 0 Å². The summed E-state index contributed by atoms with van der Waals surface area (Å²) in [5.41, 5.74) is 0.982. The van der Waals surface area contributed by atoms with Gasteiger partial charge in [-0.15, -0.1) is 0 Å². The first-order valence-corrected chi connectivity index (χ1v) is 8.40. The number of hydrogen-bond donors (Lipinski definition) is 1. The number of ether oxygens (including phenoxy) is 2. The number of nitrogens with one attached hydrogen (secondary N) is 1. The van der Waals surface area contributed by atoms with Gasteiger partial charge in [-0.05, 0) is 37.5 Å². The van der Waals surface area contributed by atoms with Crippen molar-refractivity contribution in [3.63, 3.8) is 0 Å². The second-order valence-electron chi connectivity index (χ2n) is 5.49. The van der Waals surface area contributed by atoms with Crippen molar-refractivity contribution >= 4 is 21.8 Å². The SMILES string of the molecule is Cc1cccc(OCCC(=O)NC2(CBr)CCOCC2)c1. The van der Waals surface area contributed by atoms with E-state index < -0.39 is 0 Å². The summed E-state index contributed by atoms with van der Waals surface area (Å²) in [4.78, 5) is 12.1. The molecule has 21 heavy (non-hydrogen) atoms. The highest BCUT2D eigenvalue weighted by atomic mass is 79.9. The number of alkyl halides is 1. The number of aryl methyl sites for hydroxylation is 1. The molecule has 5 heteroatoms. The first-order valence-electron chi connectivity index (χ1n) is 7.28. The highest BCUT2D eigenvalue weighted by molar-refractivity contribution is 9.09. The Hall–Kier alpha value is -1.07. The van der Waals surface area contributed by atoms with Gasteiger partial charge in [-0.25, -0.2) is 0 Å². The Labute approximate surface area is 134 Å². The third kappa shape index (κ3) is 5.00. The van der Waals surface area contributed by atoms with Gasteiger partial charge >= 0.3 is 0 Å². The van der Waals surface area contributed by atoms with Crippen LogP contribution in [-0.4, -0.2) is 36.6 Å². The van der Waals surface area contributed by atoms with E-state index in [1.807, 2.05) is 31.2 Å². The fourth-order valence-corrected chi connectivity index (χ4v) is 3.08. The highest BCUT2D eigenvalue weighted by Gasteiger charge is 2.32. The molecule has 0 bridgehead atoms. The molecule has 0 aromatic heterocycles. The minimum Gasteiger partial charge on any atom is -0.493 e. The fraction of sp³-hybridized carbons (Fsp3) is 0.562. The van der Waals surface area contributed by atoms with E-state index in [-0.39, 0.29) is 11.4 Å². The zero-order valence-corrected chi connectivity index (χ0v) is 13.9. The molecule has 0 aliphatic carbocycles. The topological polar surface area (TPSA) is 47.6 Å². The van der Waals surface area contributed by atoms with Gasteiger partial charge in [0, 0.05) is 18.5 Å². The Morgan fingerprint density at radius 3 is 2.86 bits per heavy atom. The van der Waals surface area contributed by atoms with E-state index in [2.05, 4.69) is 21.2 Å². The number of rotatable bonds is 6. The van der Waals surface area contributed by atoms with Crippen LogP contribution in [0.15, 0.2) is 24.3 Å². The Balaban J connectivity index is 1.76. The number of carbonyl (C=O) groups excluding carboxylic acids is 1. The van der Waals surface area contributed by atoms with Crippen LogP contribution in [0.3, 0.4) is 0 Å². The van der Waals surface area contributed by atoms with Crippen LogP contribution in [0.5, 0.6) is 5.75 Å². The van der Waals surface area contributed by atoms with Crippen LogP contribution < -0.4 is 10.1 Å². The summed E-state index contributed by atoms with van der Waals surface area (Å²) in [5.74, 6) is 0.841. The van der Waals surface area contributed by atoms with Crippen molar-refractivity contribution in [3.05, 3.63) is 29.8 Å². The third-order valence-electron chi connectivity index (χ3n) is 3.70. The monoisotopic (exact) mass is 355 g/mol. The minimum absolute atomic E-state index is 0.0315. The predicted octanol–water partition coefficient (Wildman–Crippen LogP) is 2.82. The number of amides is 1. The highest BCUT2D eigenvalue weighted by Crippen LogP contribution is 2.23. The van der Waals surface area contributed by atoms with Gasteiger partial charge in [-0.2, -0.15) is 0 Å². The van der Waals surface area contributed by atoms with Gasteiger partial charge in [-0.3, -0.25) is 4.79 Å². The minimum atomic E-state index is -0.168. The summed E-state index contributed by atoms with van der Waals surface area (Å²) in [6.45, 7) is 3.81. The molecule has 0 radical (unpaired) electrons. The van der Waals surface area contributed by atoms with Gasteiger partial charge < -0.3 is 14.8 Å². The molecule has 116 valence electrons. The third-order valence-corrected chi connectivity index (χ3v) is 4.77. The van der Waals surface area contributed by atoms with Crippen LogP contribution in [0.1, 0.15) is 24.8 Å². The van der Waals surface area contributed by atoms with Crippen molar-refractivity contribution in [2.24, 2.45) is 0 Å². The molecule has 1 aromatic rings. The molecule has 0 atom stereocenters. The molecule has 1 aliphatic rings. The summed E-state index contributed by atoms with van der Waals surface area (Å²) in [5, 5.41) is 3.89. The second-order valence-corrected chi connectivity index (χ2v) is 6.05. The molecule has 1 saturated heterocycles. The number of hydrogen-bond acceptors (Lipinski definition) is 3. The molecule has 1 heterocycles. The maximum Gasteiger partial charge on any atom is 0.223 e. The lowest BCUT2D eigenvalue weighted by molar-refractivity contribution is -0.124. The molecule has 1 fully saturated rings.